The van der Waals surface area contributed by atoms with E-state index in [-0.39, 0.29) is 0 Å². The van der Waals surface area contributed by atoms with Gasteiger partial charge >= 0.3 is 0 Å². The number of hydrogen-bond donors (Lipinski definition) is 3. The molecule has 1 fully saturated rings. The summed E-state index contributed by atoms with van der Waals surface area (Å²) in [6.45, 7) is 10.3. The van der Waals surface area contributed by atoms with Gasteiger partial charge in [-0.3, -0.25) is 15.1 Å². The number of piperazine rings is 1. The van der Waals surface area contributed by atoms with Gasteiger partial charge in [0.1, 0.15) is 11.2 Å². The van der Waals surface area contributed by atoms with Crippen molar-refractivity contribution in [1.29, 1.82) is 0 Å². The summed E-state index contributed by atoms with van der Waals surface area (Å²) < 4.78 is 0. The second-order valence-electron chi connectivity index (χ2n) is 10.1. The van der Waals surface area contributed by atoms with E-state index < -0.39 is 0 Å². The summed E-state index contributed by atoms with van der Waals surface area (Å²) in [6, 6.07) is 8.40. The second-order valence-corrected chi connectivity index (χ2v) is 10.1. The minimum Gasteiger partial charge on any atom is -0.366 e. The van der Waals surface area contributed by atoms with Crippen LogP contribution in [0.25, 0.3) is 44.6 Å². The Morgan fingerprint density at radius 3 is 2.68 bits per heavy atom. The molecule has 38 heavy (non-hydrogen) atoms. The number of unbranched alkanes of at least 4 members (excludes halogenated alkanes) is 1. The molecular weight excluding hydrogens is 474 g/mol. The number of benzene rings is 1. The molecule has 0 amide bonds. The highest BCUT2D eigenvalue weighted by Gasteiger charge is 2.20. The average molecular weight is 508 g/mol. The molecule has 0 bridgehead atoms. The molecule has 9 heteroatoms. The van der Waals surface area contributed by atoms with Crippen LogP contribution in [0, 0.1) is 0 Å². The predicted molar refractivity (Wildman–Crippen MR) is 154 cm³/mol. The Morgan fingerprint density at radius 1 is 1.00 bits per heavy atom. The van der Waals surface area contributed by atoms with Gasteiger partial charge in [-0.15, -0.1) is 0 Å². The van der Waals surface area contributed by atoms with Crippen LogP contribution in [-0.4, -0.2) is 68.3 Å². The predicted octanol–water partition coefficient (Wildman–Crippen LogP) is 5.43. The van der Waals surface area contributed by atoms with Crippen LogP contribution in [0.15, 0.2) is 61.3 Å². The van der Waals surface area contributed by atoms with Gasteiger partial charge in [-0.05, 0) is 43.7 Å². The van der Waals surface area contributed by atoms with Gasteiger partial charge in [0.15, 0.2) is 5.82 Å². The molecule has 0 saturated carbocycles. The third kappa shape index (κ3) is 4.72. The SMILES string of the molecule is C=C(CCCC)Nc1cncc(-c2ccc3[nH]nc(-c4nc5c(N6CCN(C)CC6)cncc5[nH]4)c3c2)c1. The van der Waals surface area contributed by atoms with Crippen molar-refractivity contribution in [3.05, 3.63) is 61.3 Å². The third-order valence-corrected chi connectivity index (χ3v) is 7.23. The standard InChI is InChI=1S/C29H33N9/c1-4-5-6-19(2)32-22-13-21(15-30-16-22)20-7-8-24-23(14-20)27(36-35-24)29-33-25-17-31-18-26(28(25)34-29)38-11-9-37(3)10-12-38/h7-8,13-18,32H,2,4-6,9-12H2,1,3H3,(H,33,34)(H,35,36). The highest BCUT2D eigenvalue weighted by atomic mass is 15.3. The molecule has 5 heterocycles. The van der Waals surface area contributed by atoms with Crippen molar-refractivity contribution >= 4 is 33.3 Å². The largest absolute Gasteiger partial charge is 0.366 e. The van der Waals surface area contributed by atoms with Crippen molar-refractivity contribution in [2.24, 2.45) is 0 Å². The average Bonchev–Trinajstić information content (AvgIpc) is 3.56. The van der Waals surface area contributed by atoms with Gasteiger partial charge in [0.25, 0.3) is 0 Å². The van der Waals surface area contributed by atoms with Crippen molar-refractivity contribution in [2.45, 2.75) is 26.2 Å². The highest BCUT2D eigenvalue weighted by Crippen LogP contribution is 2.33. The van der Waals surface area contributed by atoms with Crippen molar-refractivity contribution in [3.8, 4) is 22.6 Å². The molecule has 0 unspecified atom stereocenters. The number of aromatic amines is 2. The van der Waals surface area contributed by atoms with E-state index in [0.717, 1.165) is 107 Å². The van der Waals surface area contributed by atoms with Crippen LogP contribution in [0.5, 0.6) is 0 Å². The summed E-state index contributed by atoms with van der Waals surface area (Å²) in [7, 11) is 2.16. The number of H-pyrrole nitrogens is 2. The van der Waals surface area contributed by atoms with E-state index in [1.165, 1.54) is 0 Å². The molecule has 3 N–H and O–H groups in total. The number of anilines is 2. The molecule has 5 aromatic rings. The summed E-state index contributed by atoms with van der Waals surface area (Å²) in [4.78, 5) is 22.1. The molecule has 0 aliphatic carbocycles. The number of likely N-dealkylation sites (N-methyl/N-ethyl adjacent to an activating group) is 1. The summed E-state index contributed by atoms with van der Waals surface area (Å²) in [5, 5.41) is 12.2. The second kappa shape index (κ2) is 10.3. The van der Waals surface area contributed by atoms with Gasteiger partial charge in [0, 0.05) is 49.0 Å². The van der Waals surface area contributed by atoms with Crippen LogP contribution in [0.2, 0.25) is 0 Å². The third-order valence-electron chi connectivity index (χ3n) is 7.23. The first-order chi connectivity index (χ1) is 18.6. The van der Waals surface area contributed by atoms with Gasteiger partial charge in [-0.25, -0.2) is 4.98 Å². The van der Waals surface area contributed by atoms with Crippen molar-refractivity contribution in [1.82, 2.24) is 35.0 Å². The van der Waals surface area contributed by atoms with Crippen LogP contribution in [-0.2, 0) is 0 Å². The lowest BCUT2D eigenvalue weighted by Crippen LogP contribution is -2.44. The Balaban J connectivity index is 1.33. The van der Waals surface area contributed by atoms with E-state index in [9.17, 15) is 0 Å². The molecule has 1 saturated heterocycles. The summed E-state index contributed by atoms with van der Waals surface area (Å²) >= 11 is 0. The van der Waals surface area contributed by atoms with Gasteiger partial charge < -0.3 is 20.1 Å². The molecule has 0 spiro atoms. The zero-order valence-electron chi connectivity index (χ0n) is 22.0. The molecule has 1 aromatic carbocycles. The number of aromatic nitrogens is 6. The maximum Gasteiger partial charge on any atom is 0.159 e. The number of nitrogens with zero attached hydrogens (tertiary/aromatic N) is 6. The van der Waals surface area contributed by atoms with Crippen molar-refractivity contribution in [2.75, 3.05) is 43.4 Å². The molecule has 0 atom stereocenters. The highest BCUT2D eigenvalue weighted by molar-refractivity contribution is 5.97. The Labute approximate surface area is 222 Å². The van der Waals surface area contributed by atoms with E-state index >= 15 is 0 Å². The Kier molecular flexibility index (Phi) is 6.51. The number of fused-ring (bicyclic) bond motifs is 2. The number of rotatable bonds is 8. The smallest absolute Gasteiger partial charge is 0.159 e. The maximum atomic E-state index is 5.01. The zero-order chi connectivity index (χ0) is 26.1. The van der Waals surface area contributed by atoms with E-state index in [2.05, 4.69) is 85.1 Å². The van der Waals surface area contributed by atoms with Gasteiger partial charge in [-0.1, -0.05) is 26.0 Å². The monoisotopic (exact) mass is 507 g/mol. The van der Waals surface area contributed by atoms with E-state index in [0.29, 0.717) is 0 Å². The van der Waals surface area contributed by atoms with E-state index in [4.69, 9.17) is 4.98 Å². The number of allylic oxidation sites excluding steroid dienone is 1. The minimum absolute atomic E-state index is 0.729. The van der Waals surface area contributed by atoms with Crippen LogP contribution < -0.4 is 10.2 Å². The zero-order valence-corrected chi connectivity index (χ0v) is 22.0. The van der Waals surface area contributed by atoms with Gasteiger partial charge in [0.05, 0.1) is 41.0 Å². The molecule has 0 radical (unpaired) electrons. The lowest BCUT2D eigenvalue weighted by Gasteiger charge is -2.33. The molecule has 194 valence electrons. The molecule has 9 nitrogen and oxygen atoms in total. The number of hydrogen-bond acceptors (Lipinski definition) is 7. The molecule has 6 rings (SSSR count). The summed E-state index contributed by atoms with van der Waals surface area (Å²) in [6.07, 6.45) is 10.7. The first-order valence-electron chi connectivity index (χ1n) is 13.2. The first kappa shape index (κ1) is 24.1. The summed E-state index contributed by atoms with van der Waals surface area (Å²) in [5.41, 5.74) is 8.69. The van der Waals surface area contributed by atoms with Gasteiger partial charge in [-0.2, -0.15) is 5.10 Å². The van der Waals surface area contributed by atoms with Crippen molar-refractivity contribution < 1.29 is 0 Å². The lowest BCUT2D eigenvalue weighted by molar-refractivity contribution is 0.313. The van der Waals surface area contributed by atoms with Crippen LogP contribution in [0.1, 0.15) is 26.2 Å². The lowest BCUT2D eigenvalue weighted by atomic mass is 10.0. The normalized spacial score (nSPS) is 14.4. The number of nitrogens with one attached hydrogen (secondary N) is 3. The Hall–Kier alpha value is -4.24. The number of imidazole rings is 1. The topological polar surface area (TPSA) is 102 Å². The maximum absolute atomic E-state index is 5.01. The van der Waals surface area contributed by atoms with Crippen LogP contribution >= 0.6 is 0 Å². The molecule has 1 aliphatic heterocycles. The Bertz CT molecular complexity index is 1590. The van der Waals surface area contributed by atoms with E-state index in [1.54, 1.807) is 0 Å². The van der Waals surface area contributed by atoms with Crippen molar-refractivity contribution in [3.63, 3.8) is 0 Å². The van der Waals surface area contributed by atoms with Crippen LogP contribution in [0.3, 0.4) is 0 Å². The van der Waals surface area contributed by atoms with Gasteiger partial charge in [0.2, 0.25) is 0 Å². The fraction of sp³-hybridized carbons (Fsp3) is 0.310. The molecule has 4 aromatic heterocycles. The molecular formula is C29H33N9. The Morgan fingerprint density at radius 2 is 1.84 bits per heavy atom. The molecule has 1 aliphatic rings. The van der Waals surface area contributed by atoms with Crippen LogP contribution in [0.4, 0.5) is 11.4 Å². The minimum atomic E-state index is 0.729. The number of pyridine rings is 2. The first-order valence-corrected chi connectivity index (χ1v) is 13.2. The fourth-order valence-corrected chi connectivity index (χ4v) is 5.01. The summed E-state index contributed by atoms with van der Waals surface area (Å²) in [5.74, 6) is 0.729. The fourth-order valence-electron chi connectivity index (χ4n) is 5.01. The quantitative estimate of drug-likeness (QED) is 0.257. The van der Waals surface area contributed by atoms with E-state index in [1.807, 2.05) is 24.8 Å².